The number of aryl methyl sites for hydroxylation is 1. The maximum Gasteiger partial charge on any atom is 0.410 e. The van der Waals surface area contributed by atoms with Crippen LogP contribution in [0.3, 0.4) is 0 Å². The first-order chi connectivity index (χ1) is 22.5. The van der Waals surface area contributed by atoms with Gasteiger partial charge in [-0.3, -0.25) is 14.5 Å². The number of rotatable bonds is 11. The van der Waals surface area contributed by atoms with Crippen molar-refractivity contribution in [1.29, 1.82) is 0 Å². The van der Waals surface area contributed by atoms with E-state index in [1.807, 2.05) is 87.5 Å². The van der Waals surface area contributed by atoms with Crippen LogP contribution < -0.4 is 10.6 Å². The van der Waals surface area contributed by atoms with E-state index in [0.29, 0.717) is 6.42 Å². The molecule has 1 saturated heterocycles. The second kappa shape index (κ2) is 14.8. The fourth-order valence-electron chi connectivity index (χ4n) is 6.32. The summed E-state index contributed by atoms with van der Waals surface area (Å²) in [4.78, 5) is 53.9. The summed E-state index contributed by atoms with van der Waals surface area (Å²) >= 11 is 0. The van der Waals surface area contributed by atoms with E-state index in [1.54, 1.807) is 0 Å². The van der Waals surface area contributed by atoms with Gasteiger partial charge in [-0.15, -0.1) is 0 Å². The van der Waals surface area contributed by atoms with Crippen molar-refractivity contribution in [3.05, 3.63) is 95.6 Å². The van der Waals surface area contributed by atoms with Crippen molar-refractivity contribution >= 4 is 23.9 Å². The maximum atomic E-state index is 13.7. The molecule has 248 valence electrons. The largest absolute Gasteiger partial charge is 0.467 e. The van der Waals surface area contributed by atoms with Crippen LogP contribution in [0, 0.1) is 0 Å². The Hall–Kier alpha value is -4.70. The highest BCUT2D eigenvalue weighted by atomic mass is 16.6. The highest BCUT2D eigenvalue weighted by Gasteiger charge is 2.43. The van der Waals surface area contributed by atoms with Gasteiger partial charge in [0.1, 0.15) is 18.7 Å². The third-order valence-electron chi connectivity index (χ3n) is 8.45. The molecule has 10 nitrogen and oxygen atoms in total. The molecule has 2 N–H and O–H groups in total. The lowest BCUT2D eigenvalue weighted by Gasteiger charge is -2.26. The van der Waals surface area contributed by atoms with E-state index in [-0.39, 0.29) is 44.4 Å². The molecule has 10 heteroatoms. The van der Waals surface area contributed by atoms with Crippen LogP contribution in [0.5, 0.6) is 0 Å². The molecule has 1 fully saturated rings. The van der Waals surface area contributed by atoms with Crippen molar-refractivity contribution in [2.75, 3.05) is 26.8 Å². The minimum absolute atomic E-state index is 0.0995. The Kier molecular flexibility index (Phi) is 10.6. The van der Waals surface area contributed by atoms with Crippen molar-refractivity contribution in [2.24, 2.45) is 0 Å². The maximum absolute atomic E-state index is 13.7. The number of fused-ring (bicyclic) bond motifs is 3. The number of carbonyl (C=O) groups is 4. The molecule has 0 spiro atoms. The van der Waals surface area contributed by atoms with E-state index in [4.69, 9.17) is 14.2 Å². The number of benzene rings is 3. The number of hydrogen-bond donors (Lipinski definition) is 2. The molecule has 3 amide bonds. The molecule has 3 atom stereocenters. The van der Waals surface area contributed by atoms with Gasteiger partial charge in [-0.1, -0.05) is 78.9 Å². The van der Waals surface area contributed by atoms with E-state index in [2.05, 4.69) is 22.8 Å². The molecule has 1 aliphatic carbocycles. The highest BCUT2D eigenvalue weighted by Crippen LogP contribution is 2.44. The normalized spacial score (nSPS) is 17.7. The number of ether oxygens (including phenoxy) is 3. The quantitative estimate of drug-likeness (QED) is 0.294. The molecule has 0 aromatic heterocycles. The van der Waals surface area contributed by atoms with Gasteiger partial charge in [0, 0.05) is 25.3 Å². The van der Waals surface area contributed by atoms with Crippen molar-refractivity contribution in [3.63, 3.8) is 0 Å². The second-order valence-electron chi connectivity index (χ2n) is 12.9. The van der Waals surface area contributed by atoms with Crippen LogP contribution in [0.4, 0.5) is 4.79 Å². The highest BCUT2D eigenvalue weighted by molar-refractivity contribution is 5.90. The molecular formula is C37H43N3O7. The van der Waals surface area contributed by atoms with Crippen molar-refractivity contribution in [3.8, 4) is 11.1 Å². The lowest BCUT2D eigenvalue weighted by Crippen LogP contribution is -2.54. The topological polar surface area (TPSA) is 123 Å². The van der Waals surface area contributed by atoms with Crippen molar-refractivity contribution in [1.82, 2.24) is 15.5 Å². The van der Waals surface area contributed by atoms with Gasteiger partial charge in [0.15, 0.2) is 0 Å². The van der Waals surface area contributed by atoms with Gasteiger partial charge in [0.2, 0.25) is 11.8 Å². The number of likely N-dealkylation sites (tertiary alicyclic amines) is 1. The molecule has 5 rings (SSSR count). The Morgan fingerprint density at radius 2 is 1.51 bits per heavy atom. The van der Waals surface area contributed by atoms with Gasteiger partial charge in [0.25, 0.3) is 0 Å². The van der Waals surface area contributed by atoms with E-state index in [9.17, 15) is 19.2 Å². The van der Waals surface area contributed by atoms with Crippen LogP contribution in [0.1, 0.15) is 56.2 Å². The summed E-state index contributed by atoms with van der Waals surface area (Å²) in [5.41, 5.74) is 4.89. The van der Waals surface area contributed by atoms with Crippen molar-refractivity contribution in [2.45, 2.75) is 69.7 Å². The predicted octanol–water partition coefficient (Wildman–Crippen LogP) is 4.60. The van der Waals surface area contributed by atoms with E-state index >= 15 is 0 Å². The zero-order valence-electron chi connectivity index (χ0n) is 27.4. The number of carbonyl (C=O) groups excluding carboxylic acids is 4. The lowest BCUT2D eigenvalue weighted by atomic mass is 9.98. The summed E-state index contributed by atoms with van der Waals surface area (Å²) in [5, 5.41) is 5.42. The molecule has 1 heterocycles. The number of esters is 1. The van der Waals surface area contributed by atoms with Crippen LogP contribution in [0.2, 0.25) is 0 Å². The number of nitrogens with zero attached hydrogens (tertiary/aromatic N) is 1. The van der Waals surface area contributed by atoms with E-state index < -0.39 is 41.8 Å². The summed E-state index contributed by atoms with van der Waals surface area (Å²) in [6, 6.07) is 23.6. The molecular weight excluding hydrogens is 598 g/mol. The molecule has 1 aliphatic heterocycles. The molecule has 0 unspecified atom stereocenters. The van der Waals surface area contributed by atoms with Gasteiger partial charge < -0.3 is 24.8 Å². The molecule has 3 aromatic carbocycles. The van der Waals surface area contributed by atoms with E-state index in [1.165, 1.54) is 12.0 Å². The van der Waals surface area contributed by atoms with Gasteiger partial charge in [-0.05, 0) is 55.0 Å². The average Bonchev–Trinajstić information content (AvgIpc) is 3.62. The fourth-order valence-corrected chi connectivity index (χ4v) is 6.32. The molecule has 3 aromatic rings. The van der Waals surface area contributed by atoms with E-state index in [0.717, 1.165) is 27.8 Å². The van der Waals surface area contributed by atoms with Gasteiger partial charge in [-0.2, -0.15) is 0 Å². The number of nitrogens with one attached hydrogen (secondary N) is 2. The first-order valence-corrected chi connectivity index (χ1v) is 16.0. The first kappa shape index (κ1) is 33.7. The Balaban J connectivity index is 1.25. The number of hydrogen-bond acceptors (Lipinski definition) is 7. The zero-order valence-corrected chi connectivity index (χ0v) is 27.4. The smallest absolute Gasteiger partial charge is 0.410 e. The summed E-state index contributed by atoms with van der Waals surface area (Å²) in [6.07, 6.45) is -0.106. The van der Waals surface area contributed by atoms with Gasteiger partial charge in [0.05, 0.1) is 25.4 Å². The Morgan fingerprint density at radius 1 is 0.894 bits per heavy atom. The summed E-state index contributed by atoms with van der Waals surface area (Å²) in [6.45, 7) is 5.81. The monoisotopic (exact) mass is 641 g/mol. The van der Waals surface area contributed by atoms with Crippen molar-refractivity contribution < 1.29 is 33.4 Å². The number of amides is 3. The third kappa shape index (κ3) is 8.37. The van der Waals surface area contributed by atoms with Crippen LogP contribution in [0.25, 0.3) is 11.1 Å². The third-order valence-corrected chi connectivity index (χ3v) is 8.45. The molecule has 0 radical (unpaired) electrons. The summed E-state index contributed by atoms with van der Waals surface area (Å²) < 4.78 is 17.0. The van der Waals surface area contributed by atoms with Crippen LogP contribution in [-0.4, -0.2) is 79.4 Å². The van der Waals surface area contributed by atoms with Crippen LogP contribution in [-0.2, 0) is 35.0 Å². The summed E-state index contributed by atoms with van der Waals surface area (Å²) in [5.74, 6) is -1.68. The fraction of sp³-hybridized carbons (Fsp3) is 0.405. The van der Waals surface area contributed by atoms with Crippen LogP contribution in [0.15, 0.2) is 78.9 Å². The molecule has 0 saturated carbocycles. The molecule has 47 heavy (non-hydrogen) atoms. The van der Waals surface area contributed by atoms with Gasteiger partial charge in [-0.25, -0.2) is 9.59 Å². The Morgan fingerprint density at radius 3 is 2.13 bits per heavy atom. The first-order valence-electron chi connectivity index (χ1n) is 16.0. The Labute approximate surface area is 275 Å². The summed E-state index contributed by atoms with van der Waals surface area (Å²) in [7, 11) is 1.21. The minimum Gasteiger partial charge on any atom is -0.467 e. The Bertz CT molecular complexity index is 1540. The number of methoxy groups -OCH3 is 1. The standard InChI is InChI=1S/C37H43N3O7/c1-37(2,3)47-25-20-32(34(42)39-31(35(43)45-4)21-38-33(41)19-18-24-12-6-5-7-13-24)40(22-25)36(44)46-23-30-28-16-10-8-14-26(28)27-15-9-11-17-29(27)30/h5-17,25,30-32H,18-23H2,1-4H3,(H,38,41)(H,39,42)/t25-,31+,32+/m1/s1. The zero-order chi connectivity index (χ0) is 33.6. The molecule has 0 bridgehead atoms. The lowest BCUT2D eigenvalue weighted by molar-refractivity contribution is -0.145. The SMILES string of the molecule is COC(=O)[C@H](CNC(=O)CCc1ccccc1)NC(=O)[C@@H]1C[C@@H](OC(C)(C)C)CN1C(=O)OCC1c2ccccc2-c2ccccc21. The predicted molar refractivity (Wildman–Crippen MR) is 177 cm³/mol. The molecule has 2 aliphatic rings. The minimum atomic E-state index is -1.15. The average molecular weight is 642 g/mol. The second-order valence-corrected chi connectivity index (χ2v) is 12.9. The van der Waals surface area contributed by atoms with Crippen LogP contribution >= 0.6 is 0 Å². The van der Waals surface area contributed by atoms with Gasteiger partial charge >= 0.3 is 12.1 Å².